The van der Waals surface area contributed by atoms with Crippen molar-refractivity contribution in [2.45, 2.75) is 19.1 Å². The molecule has 0 bridgehead atoms. The highest BCUT2D eigenvalue weighted by Gasteiger charge is 2.21. The van der Waals surface area contributed by atoms with Crippen molar-refractivity contribution in [3.05, 3.63) is 11.6 Å². The van der Waals surface area contributed by atoms with Gasteiger partial charge in [0.1, 0.15) is 11.7 Å². The maximum Gasteiger partial charge on any atom is 0.226 e. The summed E-state index contributed by atoms with van der Waals surface area (Å²) in [6, 6.07) is 0. The molecule has 84 valence electrons. The summed E-state index contributed by atoms with van der Waals surface area (Å²) in [5.41, 5.74) is 6.92. The average molecular weight is 240 g/mol. The van der Waals surface area contributed by atoms with E-state index in [1.54, 1.807) is 6.33 Å². The van der Waals surface area contributed by atoms with Crippen LogP contribution in [-0.4, -0.2) is 26.1 Å². The van der Waals surface area contributed by atoms with E-state index in [1.807, 2.05) is 4.57 Å². The Bertz CT molecular complexity index is 534. The third-order valence-corrected chi connectivity index (χ3v) is 2.81. The molecule has 1 aliphatic rings. The molecule has 6 nitrogen and oxygen atoms in total. The molecule has 1 aliphatic heterocycles. The van der Waals surface area contributed by atoms with E-state index in [0.29, 0.717) is 17.0 Å². The number of rotatable bonds is 1. The van der Waals surface area contributed by atoms with Gasteiger partial charge in [0.05, 0.1) is 6.33 Å². The summed E-state index contributed by atoms with van der Waals surface area (Å²) in [6.45, 7) is 0.763. The van der Waals surface area contributed by atoms with Crippen molar-refractivity contribution in [1.29, 1.82) is 0 Å². The molecule has 0 radical (unpaired) electrons. The SMILES string of the molecule is Nc1nc(Cl)nc2c1ncn2C1CCCO1. The Morgan fingerprint density at radius 3 is 3.12 bits per heavy atom. The summed E-state index contributed by atoms with van der Waals surface area (Å²) in [6.07, 6.45) is 3.64. The van der Waals surface area contributed by atoms with Crippen LogP contribution >= 0.6 is 11.6 Å². The number of hydrogen-bond acceptors (Lipinski definition) is 5. The Hall–Kier alpha value is -1.40. The maximum atomic E-state index is 5.78. The maximum absolute atomic E-state index is 5.78. The van der Waals surface area contributed by atoms with Crippen LogP contribution in [0.4, 0.5) is 5.82 Å². The zero-order chi connectivity index (χ0) is 11.1. The van der Waals surface area contributed by atoms with Gasteiger partial charge in [0.15, 0.2) is 11.5 Å². The lowest BCUT2D eigenvalue weighted by Crippen LogP contribution is -2.07. The van der Waals surface area contributed by atoms with Gasteiger partial charge in [-0.25, -0.2) is 4.98 Å². The van der Waals surface area contributed by atoms with E-state index >= 15 is 0 Å². The van der Waals surface area contributed by atoms with Gasteiger partial charge in [0.25, 0.3) is 0 Å². The van der Waals surface area contributed by atoms with E-state index in [1.165, 1.54) is 0 Å². The molecule has 7 heteroatoms. The molecule has 1 fully saturated rings. The van der Waals surface area contributed by atoms with Crippen molar-refractivity contribution in [3.63, 3.8) is 0 Å². The Morgan fingerprint density at radius 2 is 2.38 bits per heavy atom. The van der Waals surface area contributed by atoms with Crippen molar-refractivity contribution < 1.29 is 4.74 Å². The monoisotopic (exact) mass is 239 g/mol. The molecule has 3 heterocycles. The highest BCUT2D eigenvalue weighted by Crippen LogP contribution is 2.27. The van der Waals surface area contributed by atoms with Crippen LogP contribution in [0.15, 0.2) is 6.33 Å². The fraction of sp³-hybridized carbons (Fsp3) is 0.444. The van der Waals surface area contributed by atoms with Crippen LogP contribution in [0.1, 0.15) is 19.1 Å². The van der Waals surface area contributed by atoms with E-state index in [9.17, 15) is 0 Å². The first kappa shape index (κ1) is 9.80. The lowest BCUT2D eigenvalue weighted by molar-refractivity contribution is 0.0593. The van der Waals surface area contributed by atoms with Crippen LogP contribution in [0.3, 0.4) is 0 Å². The third kappa shape index (κ3) is 1.42. The molecular formula is C9H10ClN5O. The lowest BCUT2D eigenvalue weighted by atomic mass is 10.3. The van der Waals surface area contributed by atoms with Gasteiger partial charge in [0.2, 0.25) is 5.28 Å². The summed E-state index contributed by atoms with van der Waals surface area (Å²) in [4.78, 5) is 12.2. The molecular weight excluding hydrogens is 230 g/mol. The number of hydrogen-bond donors (Lipinski definition) is 1. The van der Waals surface area contributed by atoms with Crippen molar-refractivity contribution in [1.82, 2.24) is 19.5 Å². The average Bonchev–Trinajstić information content (AvgIpc) is 2.83. The molecule has 1 unspecified atom stereocenters. The zero-order valence-electron chi connectivity index (χ0n) is 8.43. The van der Waals surface area contributed by atoms with Gasteiger partial charge < -0.3 is 10.5 Å². The molecule has 2 aromatic heterocycles. The molecule has 16 heavy (non-hydrogen) atoms. The second kappa shape index (κ2) is 3.57. The van der Waals surface area contributed by atoms with Crippen molar-refractivity contribution in [2.75, 3.05) is 12.3 Å². The third-order valence-electron chi connectivity index (χ3n) is 2.64. The lowest BCUT2D eigenvalue weighted by Gasteiger charge is -2.11. The van der Waals surface area contributed by atoms with Crippen LogP contribution in [0.25, 0.3) is 11.2 Å². The summed E-state index contributed by atoms with van der Waals surface area (Å²) in [5, 5.41) is 0.129. The van der Waals surface area contributed by atoms with Crippen LogP contribution in [0.5, 0.6) is 0 Å². The highest BCUT2D eigenvalue weighted by molar-refractivity contribution is 6.28. The quantitative estimate of drug-likeness (QED) is 0.761. The number of ether oxygens (including phenoxy) is 1. The van der Waals surface area contributed by atoms with Crippen molar-refractivity contribution in [2.24, 2.45) is 0 Å². The minimum absolute atomic E-state index is 0.0182. The van der Waals surface area contributed by atoms with Gasteiger partial charge >= 0.3 is 0 Å². The minimum atomic E-state index is -0.0182. The minimum Gasteiger partial charge on any atom is -0.382 e. The van der Waals surface area contributed by atoms with Crippen LogP contribution in [-0.2, 0) is 4.74 Å². The number of nitrogens with zero attached hydrogens (tertiary/aromatic N) is 4. The Labute approximate surface area is 96.4 Å². The van der Waals surface area contributed by atoms with E-state index < -0.39 is 0 Å². The number of nitrogen functional groups attached to an aromatic ring is 1. The highest BCUT2D eigenvalue weighted by atomic mass is 35.5. The standard InChI is InChI=1S/C9H10ClN5O/c10-9-13-7(11)6-8(14-9)15(4-12-6)5-2-1-3-16-5/h4-5H,1-3H2,(H2,11,13,14). The second-order valence-corrected chi connectivity index (χ2v) is 4.01. The molecule has 0 aliphatic carbocycles. The molecule has 0 aromatic carbocycles. The number of halogens is 1. The van der Waals surface area contributed by atoms with Crippen LogP contribution in [0.2, 0.25) is 5.28 Å². The fourth-order valence-electron chi connectivity index (χ4n) is 1.90. The number of aromatic nitrogens is 4. The van der Waals surface area contributed by atoms with Gasteiger partial charge in [0, 0.05) is 6.61 Å². The molecule has 2 N–H and O–H groups in total. The molecule has 0 amide bonds. The fourth-order valence-corrected chi connectivity index (χ4v) is 2.07. The summed E-state index contributed by atoms with van der Waals surface area (Å²) in [5.74, 6) is 0.298. The topological polar surface area (TPSA) is 78.9 Å². The number of anilines is 1. The first-order chi connectivity index (χ1) is 7.75. The number of nitrogens with two attached hydrogens (primary N) is 1. The van der Waals surface area contributed by atoms with E-state index in [2.05, 4.69) is 15.0 Å². The van der Waals surface area contributed by atoms with Gasteiger partial charge in [-0.1, -0.05) is 0 Å². The molecule has 0 saturated carbocycles. The van der Waals surface area contributed by atoms with Gasteiger partial charge in [-0.2, -0.15) is 9.97 Å². The normalized spacial score (nSPS) is 20.7. The van der Waals surface area contributed by atoms with Gasteiger partial charge in [-0.15, -0.1) is 0 Å². The smallest absolute Gasteiger partial charge is 0.226 e. The molecule has 0 spiro atoms. The number of fused-ring (bicyclic) bond motifs is 1. The second-order valence-electron chi connectivity index (χ2n) is 3.67. The first-order valence-corrected chi connectivity index (χ1v) is 5.40. The predicted molar refractivity (Wildman–Crippen MR) is 59.0 cm³/mol. The Morgan fingerprint density at radius 1 is 1.50 bits per heavy atom. The Balaban J connectivity index is 2.18. The molecule has 1 saturated heterocycles. The largest absolute Gasteiger partial charge is 0.382 e. The van der Waals surface area contributed by atoms with Gasteiger partial charge in [-0.05, 0) is 24.4 Å². The van der Waals surface area contributed by atoms with Crippen LogP contribution in [0, 0.1) is 0 Å². The van der Waals surface area contributed by atoms with Gasteiger partial charge in [-0.3, -0.25) is 4.57 Å². The van der Waals surface area contributed by atoms with E-state index in [0.717, 1.165) is 19.4 Å². The first-order valence-electron chi connectivity index (χ1n) is 5.03. The predicted octanol–water partition coefficient (Wildman–Crippen LogP) is 1.37. The van der Waals surface area contributed by atoms with E-state index in [-0.39, 0.29) is 11.5 Å². The Kier molecular flexibility index (Phi) is 2.19. The molecule has 3 rings (SSSR count). The zero-order valence-corrected chi connectivity index (χ0v) is 9.18. The summed E-state index contributed by atoms with van der Waals surface area (Å²) < 4.78 is 7.42. The molecule has 1 atom stereocenters. The molecule has 2 aromatic rings. The van der Waals surface area contributed by atoms with E-state index in [4.69, 9.17) is 22.1 Å². The summed E-state index contributed by atoms with van der Waals surface area (Å²) in [7, 11) is 0. The van der Waals surface area contributed by atoms with Crippen LogP contribution < -0.4 is 5.73 Å². The van der Waals surface area contributed by atoms with Crippen molar-refractivity contribution >= 4 is 28.6 Å². The summed E-state index contributed by atoms with van der Waals surface area (Å²) >= 11 is 5.78. The van der Waals surface area contributed by atoms with Crippen molar-refractivity contribution in [3.8, 4) is 0 Å². The number of imidazole rings is 1.